The van der Waals surface area contributed by atoms with Gasteiger partial charge in [0, 0.05) is 31.6 Å². The van der Waals surface area contributed by atoms with Crippen LogP contribution in [0.25, 0.3) is 10.8 Å². The second-order valence-corrected chi connectivity index (χ2v) is 8.07. The van der Waals surface area contributed by atoms with Gasteiger partial charge in [0.15, 0.2) is 5.69 Å². The topological polar surface area (TPSA) is 85.7 Å². The second kappa shape index (κ2) is 10.6. The summed E-state index contributed by atoms with van der Waals surface area (Å²) in [5.41, 5.74) is 1.19. The second-order valence-electron chi connectivity index (χ2n) is 8.07. The number of rotatable bonds is 8. The molecule has 0 aliphatic carbocycles. The zero-order valence-corrected chi connectivity index (χ0v) is 19.1. The molecule has 1 aliphatic heterocycles. The first-order valence-corrected chi connectivity index (χ1v) is 11.4. The maximum atomic E-state index is 13.3. The van der Waals surface area contributed by atoms with Crippen molar-refractivity contribution in [2.45, 2.75) is 25.9 Å². The predicted molar refractivity (Wildman–Crippen MR) is 127 cm³/mol. The molecular weight excluding hydrogens is 420 g/mol. The lowest BCUT2D eigenvalue weighted by Crippen LogP contribution is -2.44. The number of hydrogen-bond donors (Lipinski definition) is 1. The summed E-state index contributed by atoms with van der Waals surface area (Å²) < 4.78 is 12.2. The minimum absolute atomic E-state index is 0.0171. The van der Waals surface area contributed by atoms with E-state index in [9.17, 15) is 9.59 Å². The van der Waals surface area contributed by atoms with Gasteiger partial charge in [-0.25, -0.2) is 4.68 Å². The van der Waals surface area contributed by atoms with Crippen molar-refractivity contribution < 1.29 is 14.3 Å². The maximum Gasteiger partial charge on any atom is 0.274 e. The highest BCUT2D eigenvalue weighted by Gasteiger charge is 2.24. The number of aryl methyl sites for hydroxylation is 1. The number of carbonyl (C=O) groups excluding carboxylic acids is 1. The van der Waals surface area contributed by atoms with E-state index < -0.39 is 0 Å². The molecule has 1 unspecified atom stereocenters. The van der Waals surface area contributed by atoms with Crippen molar-refractivity contribution in [1.29, 1.82) is 0 Å². The molecule has 0 spiro atoms. The van der Waals surface area contributed by atoms with Gasteiger partial charge < -0.3 is 14.8 Å². The van der Waals surface area contributed by atoms with E-state index in [0.29, 0.717) is 37.1 Å². The van der Waals surface area contributed by atoms with Crippen LogP contribution in [0.4, 0.5) is 0 Å². The lowest BCUT2D eigenvalue weighted by atomic mass is 10.0. The van der Waals surface area contributed by atoms with E-state index in [0.717, 1.165) is 30.8 Å². The van der Waals surface area contributed by atoms with Gasteiger partial charge >= 0.3 is 0 Å². The van der Waals surface area contributed by atoms with E-state index in [2.05, 4.69) is 15.3 Å². The van der Waals surface area contributed by atoms with Crippen LogP contribution >= 0.6 is 0 Å². The van der Waals surface area contributed by atoms with E-state index in [1.165, 1.54) is 4.68 Å². The average Bonchev–Trinajstić information content (AvgIpc) is 2.87. The molecule has 174 valence electrons. The van der Waals surface area contributed by atoms with Gasteiger partial charge in [0.2, 0.25) is 0 Å². The molecule has 1 N–H and O–H groups in total. The number of nitrogens with zero attached hydrogens (tertiary/aromatic N) is 3. The highest BCUT2D eigenvalue weighted by Crippen LogP contribution is 2.24. The number of ether oxygens (including phenoxy) is 2. The largest absolute Gasteiger partial charge is 0.497 e. The Hall–Kier alpha value is -3.23. The molecule has 33 heavy (non-hydrogen) atoms. The van der Waals surface area contributed by atoms with Crippen molar-refractivity contribution in [2.75, 3.05) is 40.0 Å². The fourth-order valence-corrected chi connectivity index (χ4v) is 4.21. The highest BCUT2D eigenvalue weighted by molar-refractivity contribution is 6.04. The molecule has 1 aromatic heterocycles. The van der Waals surface area contributed by atoms with Crippen molar-refractivity contribution in [3.8, 4) is 5.75 Å². The summed E-state index contributed by atoms with van der Waals surface area (Å²) in [7, 11) is 1.64. The van der Waals surface area contributed by atoms with Crippen LogP contribution in [-0.2, 0) is 11.3 Å². The molecule has 1 fully saturated rings. The molecule has 2 aromatic carbocycles. The summed E-state index contributed by atoms with van der Waals surface area (Å²) in [6.07, 6.45) is 0.753. The first-order chi connectivity index (χ1) is 16.1. The van der Waals surface area contributed by atoms with Crippen molar-refractivity contribution in [1.82, 2.24) is 20.0 Å². The predicted octanol–water partition coefficient (Wildman–Crippen LogP) is 2.62. The lowest BCUT2D eigenvalue weighted by molar-refractivity contribution is 0.0162. The molecule has 3 aromatic rings. The summed E-state index contributed by atoms with van der Waals surface area (Å²) in [4.78, 5) is 28.4. The quantitative estimate of drug-likeness (QED) is 0.568. The van der Waals surface area contributed by atoms with Crippen LogP contribution in [0.2, 0.25) is 0 Å². The third kappa shape index (κ3) is 5.07. The van der Waals surface area contributed by atoms with Crippen LogP contribution in [0.1, 0.15) is 35.4 Å². The summed E-state index contributed by atoms with van der Waals surface area (Å²) in [6, 6.07) is 15.0. The van der Waals surface area contributed by atoms with E-state index in [-0.39, 0.29) is 23.2 Å². The van der Waals surface area contributed by atoms with Crippen molar-refractivity contribution >= 4 is 16.7 Å². The Kier molecular flexibility index (Phi) is 7.36. The van der Waals surface area contributed by atoms with Crippen molar-refractivity contribution in [2.24, 2.45) is 0 Å². The Labute approximate surface area is 193 Å². The van der Waals surface area contributed by atoms with Gasteiger partial charge in [0.25, 0.3) is 11.5 Å². The maximum absolute atomic E-state index is 13.3. The number of amides is 1. The number of aromatic nitrogens is 2. The van der Waals surface area contributed by atoms with Gasteiger partial charge in [-0.15, -0.1) is 0 Å². The molecule has 1 amide bonds. The Morgan fingerprint density at radius 1 is 1.12 bits per heavy atom. The summed E-state index contributed by atoms with van der Waals surface area (Å²) in [5.74, 6) is 0.500. The molecule has 8 heteroatoms. The first kappa shape index (κ1) is 22.9. The molecule has 1 saturated heterocycles. The first-order valence-electron chi connectivity index (χ1n) is 11.4. The highest BCUT2D eigenvalue weighted by atomic mass is 16.5. The van der Waals surface area contributed by atoms with Crippen LogP contribution in [-0.4, -0.2) is 60.5 Å². The monoisotopic (exact) mass is 450 g/mol. The third-order valence-corrected chi connectivity index (χ3v) is 5.96. The Bertz CT molecular complexity index is 1150. The minimum atomic E-state index is -0.289. The molecule has 2 heterocycles. The van der Waals surface area contributed by atoms with Gasteiger partial charge in [-0.05, 0) is 30.2 Å². The van der Waals surface area contributed by atoms with Crippen LogP contribution in [0.15, 0.2) is 53.3 Å². The Morgan fingerprint density at radius 2 is 1.82 bits per heavy atom. The summed E-state index contributed by atoms with van der Waals surface area (Å²) in [6.45, 7) is 5.75. The van der Waals surface area contributed by atoms with Crippen LogP contribution in [0.5, 0.6) is 5.75 Å². The Morgan fingerprint density at radius 3 is 2.48 bits per heavy atom. The number of carbonyl (C=O) groups is 1. The van der Waals surface area contributed by atoms with Gasteiger partial charge in [-0.2, -0.15) is 5.10 Å². The molecule has 0 saturated carbocycles. The zero-order chi connectivity index (χ0) is 23.2. The van der Waals surface area contributed by atoms with Crippen LogP contribution in [0.3, 0.4) is 0 Å². The lowest BCUT2D eigenvalue weighted by Gasteiger charge is -2.35. The fourth-order valence-electron chi connectivity index (χ4n) is 4.21. The van der Waals surface area contributed by atoms with E-state index >= 15 is 0 Å². The molecule has 8 nitrogen and oxygen atoms in total. The summed E-state index contributed by atoms with van der Waals surface area (Å²) >= 11 is 0. The number of hydrogen-bond acceptors (Lipinski definition) is 6. The van der Waals surface area contributed by atoms with Crippen LogP contribution < -0.4 is 15.6 Å². The Balaban J connectivity index is 1.61. The number of methoxy groups -OCH3 is 1. The number of fused-ring (bicyclic) bond motifs is 1. The van der Waals surface area contributed by atoms with Gasteiger partial charge in [0.05, 0.1) is 31.8 Å². The standard InChI is InChI=1S/C25H30N4O4/c1-3-12-29-25(31)21-7-5-4-6-20(21)23(27-29)24(30)26-17-22(28-13-15-33-16-14-28)18-8-10-19(32-2)11-9-18/h4-11,22H,3,12-17H2,1-2H3,(H,26,30). The molecule has 1 atom stereocenters. The van der Waals surface area contributed by atoms with E-state index in [1.54, 1.807) is 25.3 Å². The summed E-state index contributed by atoms with van der Waals surface area (Å²) in [5, 5.41) is 8.57. The minimum Gasteiger partial charge on any atom is -0.497 e. The normalized spacial score (nSPS) is 15.3. The van der Waals surface area contributed by atoms with Gasteiger partial charge in [0.1, 0.15) is 5.75 Å². The fraction of sp³-hybridized carbons (Fsp3) is 0.400. The zero-order valence-electron chi connectivity index (χ0n) is 19.1. The van der Waals surface area contributed by atoms with Crippen LogP contribution in [0, 0.1) is 0 Å². The smallest absolute Gasteiger partial charge is 0.274 e. The molecule has 0 radical (unpaired) electrons. The number of benzene rings is 2. The van der Waals surface area contributed by atoms with E-state index in [4.69, 9.17) is 9.47 Å². The van der Waals surface area contributed by atoms with E-state index in [1.807, 2.05) is 37.3 Å². The average molecular weight is 451 g/mol. The SMILES string of the molecule is CCCn1nc(C(=O)NCC(c2ccc(OC)cc2)N2CCOCC2)c2ccccc2c1=O. The molecule has 1 aliphatic rings. The molecule has 0 bridgehead atoms. The molecule has 4 rings (SSSR count). The third-order valence-electron chi connectivity index (χ3n) is 5.96. The van der Waals surface area contributed by atoms with Gasteiger partial charge in [-0.3, -0.25) is 14.5 Å². The van der Waals surface area contributed by atoms with Crippen molar-refractivity contribution in [3.05, 3.63) is 70.1 Å². The van der Waals surface area contributed by atoms with Crippen molar-refractivity contribution in [3.63, 3.8) is 0 Å². The molecular formula is C25H30N4O4. The number of nitrogens with one attached hydrogen (secondary N) is 1. The number of morpholine rings is 1. The van der Waals surface area contributed by atoms with Gasteiger partial charge in [-0.1, -0.05) is 37.3 Å².